The summed E-state index contributed by atoms with van der Waals surface area (Å²) in [4.78, 5) is 26.9. The van der Waals surface area contributed by atoms with Gasteiger partial charge in [0.25, 0.3) is 5.91 Å². The lowest BCUT2D eigenvalue weighted by Gasteiger charge is -2.35. The molecule has 3 heterocycles. The Morgan fingerprint density at radius 2 is 1.97 bits per heavy atom. The van der Waals surface area contributed by atoms with Crippen molar-refractivity contribution in [2.75, 3.05) is 13.1 Å². The lowest BCUT2D eigenvalue weighted by Crippen LogP contribution is -2.42. The Morgan fingerprint density at radius 3 is 2.77 bits per heavy atom. The highest BCUT2D eigenvalue weighted by Crippen LogP contribution is 2.39. The summed E-state index contributed by atoms with van der Waals surface area (Å²) in [5.74, 6) is 1.34. The van der Waals surface area contributed by atoms with Crippen molar-refractivity contribution in [3.63, 3.8) is 0 Å². The molecule has 5 rings (SSSR count). The van der Waals surface area contributed by atoms with Crippen LogP contribution in [0.15, 0.2) is 36.7 Å². The number of aliphatic hydroxyl groups excluding tert-OH is 1. The molecule has 0 radical (unpaired) electrons. The molecule has 2 N–H and O–H groups in total. The molecule has 7 heteroatoms. The van der Waals surface area contributed by atoms with Crippen LogP contribution in [0.5, 0.6) is 5.75 Å². The van der Waals surface area contributed by atoms with E-state index in [1.807, 2.05) is 49.1 Å². The Bertz CT molecular complexity index is 1090. The summed E-state index contributed by atoms with van der Waals surface area (Å²) in [6.45, 7) is 5.22. The van der Waals surface area contributed by atoms with Crippen LogP contribution in [0.4, 0.5) is 0 Å². The maximum absolute atomic E-state index is 13.2. The summed E-state index contributed by atoms with van der Waals surface area (Å²) in [5, 5.41) is 10.7. The first-order valence-corrected chi connectivity index (χ1v) is 10.5. The lowest BCUT2D eigenvalue weighted by atomic mass is 9.78. The van der Waals surface area contributed by atoms with Gasteiger partial charge in [-0.3, -0.25) is 9.78 Å². The summed E-state index contributed by atoms with van der Waals surface area (Å²) in [7, 11) is 0. The number of aryl methyl sites for hydroxylation is 2. The van der Waals surface area contributed by atoms with Crippen molar-refractivity contribution in [1.29, 1.82) is 0 Å². The number of aromatic amines is 1. The summed E-state index contributed by atoms with van der Waals surface area (Å²) >= 11 is 0. The minimum absolute atomic E-state index is 0.00707. The Morgan fingerprint density at radius 1 is 1.17 bits per heavy atom. The zero-order valence-corrected chi connectivity index (χ0v) is 17.2. The maximum atomic E-state index is 13.2. The molecule has 2 aliphatic rings. The summed E-state index contributed by atoms with van der Waals surface area (Å²) in [6, 6.07) is 9.48. The van der Waals surface area contributed by atoms with Crippen molar-refractivity contribution in [3.8, 4) is 5.75 Å². The molecule has 156 valence electrons. The first-order valence-electron chi connectivity index (χ1n) is 10.5. The number of fused-ring (bicyclic) bond motifs is 2. The quantitative estimate of drug-likeness (QED) is 0.698. The molecule has 7 nitrogen and oxygen atoms in total. The van der Waals surface area contributed by atoms with Crippen LogP contribution in [0.25, 0.3) is 11.0 Å². The van der Waals surface area contributed by atoms with Gasteiger partial charge < -0.3 is 19.7 Å². The second kappa shape index (κ2) is 7.40. The Balaban J connectivity index is 1.31. The van der Waals surface area contributed by atoms with Crippen LogP contribution >= 0.6 is 0 Å². The van der Waals surface area contributed by atoms with E-state index in [0.717, 1.165) is 29.1 Å². The maximum Gasteiger partial charge on any atom is 0.256 e. The number of likely N-dealkylation sites (tertiary alicyclic amines) is 1. The van der Waals surface area contributed by atoms with Gasteiger partial charge >= 0.3 is 0 Å². The summed E-state index contributed by atoms with van der Waals surface area (Å²) in [6.07, 6.45) is 2.17. The van der Waals surface area contributed by atoms with Gasteiger partial charge in [0, 0.05) is 18.8 Å². The standard InChI is InChI=1S/C23H26N4O3/c1-13-6-7-20(14(2)26-13)30-21-9-16-11-27(10-15(16)8-19(21)28)23(29)17-4-3-5-18-22(17)25-12-24-18/h3-7,12,15-16,19,21,28H,8-11H2,1-2H3,(H,24,25)/t15-,16+,19+,21+/m0/s1. The fourth-order valence-electron chi connectivity index (χ4n) is 4.95. The third-order valence-corrected chi connectivity index (χ3v) is 6.51. The highest BCUT2D eigenvalue weighted by atomic mass is 16.5. The number of benzene rings is 1. The molecule has 0 unspecified atom stereocenters. The van der Waals surface area contributed by atoms with Crippen LogP contribution in [0.3, 0.4) is 0 Å². The van der Waals surface area contributed by atoms with Crippen molar-refractivity contribution < 1.29 is 14.6 Å². The smallest absolute Gasteiger partial charge is 0.256 e. The number of aliphatic hydroxyl groups is 1. The molecule has 1 saturated heterocycles. The SMILES string of the molecule is Cc1ccc(O[C@@H]2C[C@@H]3CN(C(=O)c4cccc5[nH]cnc45)C[C@@H]3C[C@H]2O)c(C)n1. The molecule has 30 heavy (non-hydrogen) atoms. The van der Waals surface area contributed by atoms with E-state index in [4.69, 9.17) is 4.74 Å². The molecule has 2 aromatic heterocycles. The molecular weight excluding hydrogens is 380 g/mol. The molecule has 1 amide bonds. The number of carbonyl (C=O) groups excluding carboxylic acids is 1. The Kier molecular flexibility index (Phi) is 4.70. The van der Waals surface area contributed by atoms with Crippen LogP contribution in [-0.4, -0.2) is 56.2 Å². The molecular formula is C23H26N4O3. The molecule has 0 bridgehead atoms. The number of para-hydroxylation sites is 1. The third kappa shape index (κ3) is 3.33. The topological polar surface area (TPSA) is 91.3 Å². The molecule has 3 aromatic rings. The van der Waals surface area contributed by atoms with E-state index in [1.54, 1.807) is 6.33 Å². The van der Waals surface area contributed by atoms with Crippen molar-refractivity contribution in [2.45, 2.75) is 38.9 Å². The minimum Gasteiger partial charge on any atom is -0.486 e. The second-order valence-corrected chi connectivity index (χ2v) is 8.57. The zero-order chi connectivity index (χ0) is 20.8. The van der Waals surface area contributed by atoms with Crippen molar-refractivity contribution in [1.82, 2.24) is 19.9 Å². The summed E-state index contributed by atoms with van der Waals surface area (Å²) < 4.78 is 6.16. The number of carbonyl (C=O) groups is 1. The van der Waals surface area contributed by atoms with E-state index >= 15 is 0 Å². The summed E-state index contributed by atoms with van der Waals surface area (Å²) in [5.41, 5.74) is 3.98. The predicted molar refractivity (Wildman–Crippen MR) is 112 cm³/mol. The number of hydrogen-bond acceptors (Lipinski definition) is 5. The Labute approximate surface area is 175 Å². The molecule has 4 atom stereocenters. The molecule has 1 aliphatic carbocycles. The van der Waals surface area contributed by atoms with E-state index in [2.05, 4.69) is 15.0 Å². The highest BCUT2D eigenvalue weighted by Gasteiger charge is 2.44. The van der Waals surface area contributed by atoms with Crippen LogP contribution in [0, 0.1) is 25.7 Å². The average molecular weight is 406 g/mol. The van der Waals surface area contributed by atoms with Gasteiger partial charge in [-0.1, -0.05) is 6.07 Å². The monoisotopic (exact) mass is 406 g/mol. The number of amides is 1. The molecule has 1 aliphatic heterocycles. The van der Waals surface area contributed by atoms with Gasteiger partial charge in [0.15, 0.2) is 0 Å². The van der Waals surface area contributed by atoms with Gasteiger partial charge in [0.1, 0.15) is 17.4 Å². The van der Waals surface area contributed by atoms with Gasteiger partial charge in [-0.2, -0.15) is 0 Å². The second-order valence-electron chi connectivity index (χ2n) is 8.57. The largest absolute Gasteiger partial charge is 0.486 e. The molecule has 1 aromatic carbocycles. The number of hydrogen-bond donors (Lipinski definition) is 2. The van der Waals surface area contributed by atoms with Crippen LogP contribution in [0.2, 0.25) is 0 Å². The van der Waals surface area contributed by atoms with Gasteiger partial charge in [-0.25, -0.2) is 4.98 Å². The molecule has 0 spiro atoms. The number of ether oxygens (including phenoxy) is 1. The van der Waals surface area contributed by atoms with E-state index in [0.29, 0.717) is 42.4 Å². The number of rotatable bonds is 3. The number of nitrogens with zero attached hydrogens (tertiary/aromatic N) is 3. The minimum atomic E-state index is -0.545. The van der Waals surface area contributed by atoms with Gasteiger partial charge in [0.2, 0.25) is 0 Å². The van der Waals surface area contributed by atoms with E-state index in [9.17, 15) is 9.90 Å². The van der Waals surface area contributed by atoms with Crippen molar-refractivity contribution in [2.24, 2.45) is 11.8 Å². The highest BCUT2D eigenvalue weighted by molar-refractivity contribution is 6.04. The first-order chi connectivity index (χ1) is 14.5. The molecule has 1 saturated carbocycles. The lowest BCUT2D eigenvalue weighted by molar-refractivity contribution is -0.0236. The average Bonchev–Trinajstić information content (AvgIpc) is 3.36. The zero-order valence-electron chi connectivity index (χ0n) is 17.2. The fourth-order valence-corrected chi connectivity index (χ4v) is 4.95. The number of imidazole rings is 1. The van der Waals surface area contributed by atoms with Crippen LogP contribution < -0.4 is 4.74 Å². The van der Waals surface area contributed by atoms with E-state index < -0.39 is 6.10 Å². The van der Waals surface area contributed by atoms with Crippen LogP contribution in [0.1, 0.15) is 34.6 Å². The number of nitrogens with one attached hydrogen (secondary N) is 1. The van der Waals surface area contributed by atoms with E-state index in [-0.39, 0.29) is 12.0 Å². The van der Waals surface area contributed by atoms with Gasteiger partial charge in [-0.15, -0.1) is 0 Å². The van der Waals surface area contributed by atoms with Gasteiger partial charge in [0.05, 0.1) is 29.2 Å². The fraction of sp³-hybridized carbons (Fsp3) is 0.435. The van der Waals surface area contributed by atoms with E-state index in [1.165, 1.54) is 0 Å². The number of H-pyrrole nitrogens is 1. The normalized spacial score (nSPS) is 26.0. The van der Waals surface area contributed by atoms with Crippen molar-refractivity contribution in [3.05, 3.63) is 53.6 Å². The first kappa shape index (κ1) is 19.1. The Hall–Kier alpha value is -2.93. The van der Waals surface area contributed by atoms with Crippen molar-refractivity contribution >= 4 is 16.9 Å². The number of pyridine rings is 1. The predicted octanol–water partition coefficient (Wildman–Crippen LogP) is 2.87. The number of aromatic nitrogens is 3. The van der Waals surface area contributed by atoms with Gasteiger partial charge in [-0.05, 0) is 62.8 Å². The van der Waals surface area contributed by atoms with Crippen LogP contribution in [-0.2, 0) is 0 Å². The third-order valence-electron chi connectivity index (χ3n) is 6.51. The molecule has 2 fully saturated rings.